The monoisotopic (exact) mass is 159 g/mol. The van der Waals surface area contributed by atoms with Crippen molar-refractivity contribution in [1.29, 1.82) is 0 Å². The lowest BCUT2D eigenvalue weighted by atomic mass is 10.1. The molecule has 2 aliphatic rings. The van der Waals surface area contributed by atoms with Gasteiger partial charge in [-0.05, 0) is 6.42 Å². The van der Waals surface area contributed by atoms with E-state index in [1.807, 2.05) is 11.8 Å². The molecular weight excluding hydrogens is 146 g/mol. The van der Waals surface area contributed by atoms with Gasteiger partial charge in [0.2, 0.25) is 0 Å². The minimum Gasteiger partial charge on any atom is -0.376 e. The van der Waals surface area contributed by atoms with Crippen LogP contribution in [0.5, 0.6) is 0 Å². The van der Waals surface area contributed by atoms with E-state index in [-0.39, 0.29) is 0 Å². The van der Waals surface area contributed by atoms with E-state index in [0.717, 1.165) is 13.2 Å². The van der Waals surface area contributed by atoms with Crippen molar-refractivity contribution in [1.82, 2.24) is 5.32 Å². The highest BCUT2D eigenvalue weighted by Gasteiger charge is 2.28. The van der Waals surface area contributed by atoms with E-state index in [9.17, 15) is 0 Å². The average molecular weight is 159 g/mol. The van der Waals surface area contributed by atoms with Gasteiger partial charge in [0, 0.05) is 30.7 Å². The highest BCUT2D eigenvalue weighted by molar-refractivity contribution is 7.99. The van der Waals surface area contributed by atoms with Gasteiger partial charge < -0.3 is 10.1 Å². The highest BCUT2D eigenvalue weighted by Crippen LogP contribution is 2.20. The maximum Gasteiger partial charge on any atom is 0.0819 e. The summed E-state index contributed by atoms with van der Waals surface area (Å²) in [5, 5.41) is 3.50. The lowest BCUT2D eigenvalue weighted by molar-refractivity contribution is 0.118. The molecule has 0 aromatic rings. The molecule has 0 radical (unpaired) electrons. The van der Waals surface area contributed by atoms with E-state index in [0.29, 0.717) is 12.1 Å². The molecule has 2 unspecified atom stereocenters. The summed E-state index contributed by atoms with van der Waals surface area (Å²) in [6.45, 7) is 2.12. The van der Waals surface area contributed by atoms with E-state index in [2.05, 4.69) is 5.32 Å². The van der Waals surface area contributed by atoms with Gasteiger partial charge in [-0.2, -0.15) is 11.8 Å². The zero-order valence-electron chi connectivity index (χ0n) is 6.01. The standard InChI is InChI=1S/C7H13NOS/c1-3-9-7-5-10-4-2-8-6(1)7/h6-8H,1-5H2. The van der Waals surface area contributed by atoms with Gasteiger partial charge in [-0.25, -0.2) is 0 Å². The Morgan fingerprint density at radius 3 is 3.50 bits per heavy atom. The first-order valence-electron chi connectivity index (χ1n) is 3.89. The molecule has 2 aliphatic heterocycles. The number of hydrogen-bond acceptors (Lipinski definition) is 3. The van der Waals surface area contributed by atoms with Gasteiger partial charge in [-0.15, -0.1) is 0 Å². The fourth-order valence-corrected chi connectivity index (χ4v) is 2.55. The van der Waals surface area contributed by atoms with Gasteiger partial charge in [0.05, 0.1) is 6.10 Å². The number of thioether (sulfide) groups is 1. The van der Waals surface area contributed by atoms with Gasteiger partial charge >= 0.3 is 0 Å². The summed E-state index contributed by atoms with van der Waals surface area (Å²) in [6, 6.07) is 0.662. The molecule has 2 atom stereocenters. The molecule has 10 heavy (non-hydrogen) atoms. The van der Waals surface area contributed by atoms with Gasteiger partial charge in [0.15, 0.2) is 0 Å². The minimum atomic E-state index is 0.507. The first-order chi connectivity index (χ1) is 4.97. The average Bonchev–Trinajstić information content (AvgIpc) is 2.28. The molecule has 0 aromatic heterocycles. The Labute approximate surface area is 65.7 Å². The largest absolute Gasteiger partial charge is 0.376 e. The fourth-order valence-electron chi connectivity index (χ4n) is 1.56. The van der Waals surface area contributed by atoms with Crippen molar-refractivity contribution < 1.29 is 4.74 Å². The number of rotatable bonds is 0. The highest BCUT2D eigenvalue weighted by atomic mass is 32.2. The predicted molar refractivity (Wildman–Crippen MR) is 43.5 cm³/mol. The van der Waals surface area contributed by atoms with Crippen molar-refractivity contribution in [2.75, 3.05) is 24.7 Å². The summed E-state index contributed by atoms with van der Waals surface area (Å²) in [7, 11) is 0. The third-order valence-corrected chi connectivity index (χ3v) is 3.20. The smallest absolute Gasteiger partial charge is 0.0819 e. The van der Waals surface area contributed by atoms with Crippen LogP contribution in [0.15, 0.2) is 0 Å². The van der Waals surface area contributed by atoms with Crippen LogP contribution in [0.2, 0.25) is 0 Å². The van der Waals surface area contributed by atoms with E-state index in [4.69, 9.17) is 4.74 Å². The Morgan fingerprint density at radius 2 is 2.50 bits per heavy atom. The molecule has 2 heterocycles. The third-order valence-electron chi connectivity index (χ3n) is 2.14. The molecule has 58 valence electrons. The van der Waals surface area contributed by atoms with Crippen molar-refractivity contribution in [3.63, 3.8) is 0 Å². The van der Waals surface area contributed by atoms with Crippen molar-refractivity contribution in [3.05, 3.63) is 0 Å². The lowest BCUT2D eigenvalue weighted by Crippen LogP contribution is -2.36. The van der Waals surface area contributed by atoms with Crippen molar-refractivity contribution >= 4 is 11.8 Å². The second kappa shape index (κ2) is 3.11. The zero-order valence-corrected chi connectivity index (χ0v) is 6.82. The summed E-state index contributed by atoms with van der Waals surface area (Å²) in [6.07, 6.45) is 1.72. The minimum absolute atomic E-state index is 0.507. The Balaban J connectivity index is 1.95. The van der Waals surface area contributed by atoms with Crippen LogP contribution in [-0.4, -0.2) is 36.8 Å². The Kier molecular flexibility index (Phi) is 2.16. The van der Waals surface area contributed by atoms with Crippen molar-refractivity contribution in [2.45, 2.75) is 18.6 Å². The Hall–Kier alpha value is 0.270. The first kappa shape index (κ1) is 6.95. The molecule has 2 saturated heterocycles. The number of ether oxygens (including phenoxy) is 1. The maximum atomic E-state index is 5.55. The number of nitrogens with one attached hydrogen (secondary N) is 1. The van der Waals surface area contributed by atoms with E-state index in [1.165, 1.54) is 17.9 Å². The summed E-state index contributed by atoms with van der Waals surface area (Å²) in [5.41, 5.74) is 0. The summed E-state index contributed by atoms with van der Waals surface area (Å²) < 4.78 is 5.55. The lowest BCUT2D eigenvalue weighted by Gasteiger charge is -2.14. The predicted octanol–water partition coefficient (Wildman–Crippen LogP) is 0.480. The summed E-state index contributed by atoms with van der Waals surface area (Å²) >= 11 is 2.00. The zero-order chi connectivity index (χ0) is 6.81. The van der Waals surface area contributed by atoms with Crippen LogP contribution in [0.3, 0.4) is 0 Å². The second-order valence-electron chi connectivity index (χ2n) is 2.83. The second-order valence-corrected chi connectivity index (χ2v) is 3.98. The van der Waals surface area contributed by atoms with Crippen LogP contribution in [0.25, 0.3) is 0 Å². The van der Waals surface area contributed by atoms with E-state index in [1.54, 1.807) is 0 Å². The van der Waals surface area contributed by atoms with Crippen molar-refractivity contribution in [2.24, 2.45) is 0 Å². The molecule has 2 rings (SSSR count). The molecule has 0 saturated carbocycles. The molecule has 0 aliphatic carbocycles. The van der Waals surface area contributed by atoms with Crippen LogP contribution in [0, 0.1) is 0 Å². The maximum absolute atomic E-state index is 5.55. The molecular formula is C7H13NOS. The quantitative estimate of drug-likeness (QED) is 0.555. The van der Waals surface area contributed by atoms with Crippen LogP contribution in [0.4, 0.5) is 0 Å². The SMILES string of the molecule is C1CSCC2OCCC2N1. The molecule has 0 amide bonds. The van der Waals surface area contributed by atoms with Crippen LogP contribution < -0.4 is 5.32 Å². The van der Waals surface area contributed by atoms with E-state index >= 15 is 0 Å². The molecule has 2 nitrogen and oxygen atoms in total. The van der Waals surface area contributed by atoms with Crippen molar-refractivity contribution in [3.8, 4) is 0 Å². The van der Waals surface area contributed by atoms with Crippen LogP contribution in [-0.2, 0) is 4.74 Å². The summed E-state index contributed by atoms with van der Waals surface area (Å²) in [5.74, 6) is 2.44. The third kappa shape index (κ3) is 1.31. The van der Waals surface area contributed by atoms with Crippen LogP contribution in [0.1, 0.15) is 6.42 Å². The molecule has 0 aromatic carbocycles. The first-order valence-corrected chi connectivity index (χ1v) is 5.05. The summed E-state index contributed by atoms with van der Waals surface area (Å²) in [4.78, 5) is 0. The fraction of sp³-hybridized carbons (Fsp3) is 1.00. The van der Waals surface area contributed by atoms with Crippen LogP contribution >= 0.6 is 11.8 Å². The molecule has 1 N–H and O–H groups in total. The molecule has 2 fully saturated rings. The van der Waals surface area contributed by atoms with Gasteiger partial charge in [-0.3, -0.25) is 0 Å². The normalized spacial score (nSPS) is 40.8. The molecule has 3 heteroatoms. The Bertz CT molecular complexity index is 108. The number of hydrogen-bond donors (Lipinski definition) is 1. The van der Waals surface area contributed by atoms with Gasteiger partial charge in [0.25, 0.3) is 0 Å². The van der Waals surface area contributed by atoms with Gasteiger partial charge in [0.1, 0.15) is 0 Å². The van der Waals surface area contributed by atoms with Gasteiger partial charge in [-0.1, -0.05) is 0 Å². The molecule has 0 bridgehead atoms. The Morgan fingerprint density at radius 1 is 1.50 bits per heavy atom. The van der Waals surface area contributed by atoms with E-state index < -0.39 is 0 Å². The molecule has 0 spiro atoms. The topological polar surface area (TPSA) is 21.3 Å². The number of fused-ring (bicyclic) bond motifs is 1.